The summed E-state index contributed by atoms with van der Waals surface area (Å²) in [6, 6.07) is 5.85. The van der Waals surface area contributed by atoms with Gasteiger partial charge in [-0.25, -0.2) is 0 Å². The highest BCUT2D eigenvalue weighted by Gasteiger charge is 2.03. The molecule has 78 valence electrons. The number of aryl methyl sites for hydroxylation is 2. The molecule has 0 aliphatic heterocycles. The first-order valence-electron chi connectivity index (χ1n) is 4.62. The third-order valence-corrected chi connectivity index (χ3v) is 1.85. The maximum absolute atomic E-state index is 9.08. The summed E-state index contributed by atoms with van der Waals surface area (Å²) in [5, 5.41) is 17.7. The van der Waals surface area contributed by atoms with E-state index >= 15 is 0 Å². The Bertz CT molecular complexity index is 276. The van der Waals surface area contributed by atoms with E-state index in [1.54, 1.807) is 0 Å². The van der Waals surface area contributed by atoms with E-state index in [0.717, 1.165) is 16.9 Å². The molecule has 1 rings (SSSR count). The average Bonchev–Trinajstić information content (AvgIpc) is 2.12. The molecular formula is C11H16O3. The van der Waals surface area contributed by atoms with E-state index in [1.165, 1.54) is 0 Å². The highest BCUT2D eigenvalue weighted by molar-refractivity contribution is 5.32. The molecule has 3 nitrogen and oxygen atoms in total. The van der Waals surface area contributed by atoms with Crippen LogP contribution in [0.4, 0.5) is 0 Å². The Kier molecular flexibility index (Phi) is 3.92. The summed E-state index contributed by atoms with van der Waals surface area (Å²) in [5.41, 5.74) is 2.25. The van der Waals surface area contributed by atoms with Gasteiger partial charge in [0.25, 0.3) is 0 Å². The minimum Gasteiger partial charge on any atom is -0.491 e. The van der Waals surface area contributed by atoms with Gasteiger partial charge in [-0.05, 0) is 37.1 Å². The minimum atomic E-state index is -0.809. The van der Waals surface area contributed by atoms with E-state index < -0.39 is 6.10 Å². The monoisotopic (exact) mass is 196 g/mol. The van der Waals surface area contributed by atoms with Crippen molar-refractivity contribution in [1.82, 2.24) is 0 Å². The van der Waals surface area contributed by atoms with E-state index in [0.29, 0.717) is 0 Å². The van der Waals surface area contributed by atoms with Crippen molar-refractivity contribution in [2.75, 3.05) is 13.2 Å². The Labute approximate surface area is 84.0 Å². The maximum Gasteiger partial charge on any atom is 0.119 e. The Morgan fingerprint density at radius 3 is 2.29 bits per heavy atom. The van der Waals surface area contributed by atoms with E-state index in [1.807, 2.05) is 26.0 Å². The van der Waals surface area contributed by atoms with Gasteiger partial charge in [-0.3, -0.25) is 0 Å². The first-order chi connectivity index (χ1) is 6.61. The van der Waals surface area contributed by atoms with Gasteiger partial charge in [0.1, 0.15) is 18.5 Å². The Balaban J connectivity index is 2.58. The third kappa shape index (κ3) is 3.36. The lowest BCUT2D eigenvalue weighted by Crippen LogP contribution is -2.21. The van der Waals surface area contributed by atoms with Crippen LogP contribution in [0.1, 0.15) is 11.1 Å². The fraction of sp³-hybridized carbons (Fsp3) is 0.455. The molecule has 0 heterocycles. The molecule has 0 unspecified atom stereocenters. The number of aliphatic hydroxyl groups excluding tert-OH is 2. The molecule has 1 aromatic rings. The zero-order valence-electron chi connectivity index (χ0n) is 8.53. The van der Waals surface area contributed by atoms with Gasteiger partial charge in [-0.2, -0.15) is 0 Å². The van der Waals surface area contributed by atoms with Crippen LogP contribution in [0.2, 0.25) is 0 Å². The lowest BCUT2D eigenvalue weighted by Gasteiger charge is -2.10. The number of hydrogen-bond acceptors (Lipinski definition) is 3. The van der Waals surface area contributed by atoms with E-state index in [4.69, 9.17) is 14.9 Å². The number of rotatable bonds is 4. The smallest absolute Gasteiger partial charge is 0.119 e. The molecule has 0 bridgehead atoms. The van der Waals surface area contributed by atoms with Crippen molar-refractivity contribution < 1.29 is 14.9 Å². The SMILES string of the molecule is Cc1cc(C)cc(OC[C@H](O)CO)c1. The van der Waals surface area contributed by atoms with Gasteiger partial charge in [-0.1, -0.05) is 6.07 Å². The van der Waals surface area contributed by atoms with Crippen molar-refractivity contribution in [2.45, 2.75) is 20.0 Å². The molecule has 0 radical (unpaired) electrons. The van der Waals surface area contributed by atoms with Crippen LogP contribution < -0.4 is 4.74 Å². The first kappa shape index (κ1) is 11.0. The van der Waals surface area contributed by atoms with E-state index in [9.17, 15) is 0 Å². The average molecular weight is 196 g/mol. The van der Waals surface area contributed by atoms with E-state index in [2.05, 4.69) is 6.07 Å². The highest BCUT2D eigenvalue weighted by atomic mass is 16.5. The molecule has 0 fully saturated rings. The number of benzene rings is 1. The number of ether oxygens (including phenoxy) is 1. The third-order valence-electron chi connectivity index (χ3n) is 1.85. The lowest BCUT2D eigenvalue weighted by molar-refractivity contribution is 0.0536. The normalized spacial score (nSPS) is 12.6. The topological polar surface area (TPSA) is 49.7 Å². The summed E-state index contributed by atoms with van der Waals surface area (Å²) >= 11 is 0. The van der Waals surface area contributed by atoms with Crippen LogP contribution in [0, 0.1) is 13.8 Å². The standard InChI is InChI=1S/C11H16O3/c1-8-3-9(2)5-11(4-8)14-7-10(13)6-12/h3-5,10,12-13H,6-7H2,1-2H3/t10-/m1/s1. The second-order valence-electron chi connectivity index (χ2n) is 3.47. The van der Waals surface area contributed by atoms with Crippen molar-refractivity contribution in [2.24, 2.45) is 0 Å². The van der Waals surface area contributed by atoms with Gasteiger partial charge in [0.15, 0.2) is 0 Å². The van der Waals surface area contributed by atoms with Crippen LogP contribution in [0.15, 0.2) is 18.2 Å². The molecule has 0 aromatic heterocycles. The van der Waals surface area contributed by atoms with Gasteiger partial charge in [0.2, 0.25) is 0 Å². The Morgan fingerprint density at radius 2 is 1.79 bits per heavy atom. The van der Waals surface area contributed by atoms with Crippen molar-refractivity contribution in [1.29, 1.82) is 0 Å². The Morgan fingerprint density at radius 1 is 1.21 bits per heavy atom. The molecular weight excluding hydrogens is 180 g/mol. The molecule has 1 atom stereocenters. The second-order valence-corrected chi connectivity index (χ2v) is 3.47. The predicted octanol–water partition coefficient (Wildman–Crippen LogP) is 1.04. The summed E-state index contributed by atoms with van der Waals surface area (Å²) < 4.78 is 5.31. The summed E-state index contributed by atoms with van der Waals surface area (Å²) in [7, 11) is 0. The summed E-state index contributed by atoms with van der Waals surface area (Å²) in [6.45, 7) is 3.83. The molecule has 0 aliphatic rings. The molecule has 0 saturated carbocycles. The molecule has 3 heteroatoms. The predicted molar refractivity (Wildman–Crippen MR) is 54.5 cm³/mol. The summed E-state index contributed by atoms with van der Waals surface area (Å²) in [6.07, 6.45) is -0.809. The lowest BCUT2D eigenvalue weighted by atomic mass is 10.1. The van der Waals surface area contributed by atoms with Crippen molar-refractivity contribution >= 4 is 0 Å². The van der Waals surface area contributed by atoms with Crippen molar-refractivity contribution in [3.05, 3.63) is 29.3 Å². The van der Waals surface area contributed by atoms with Crippen LogP contribution in [0.3, 0.4) is 0 Å². The molecule has 14 heavy (non-hydrogen) atoms. The van der Waals surface area contributed by atoms with Crippen LogP contribution in [0.25, 0.3) is 0 Å². The molecule has 0 amide bonds. The molecule has 2 N–H and O–H groups in total. The van der Waals surface area contributed by atoms with Crippen LogP contribution >= 0.6 is 0 Å². The summed E-state index contributed by atoms with van der Waals surface area (Å²) in [4.78, 5) is 0. The van der Waals surface area contributed by atoms with Gasteiger partial charge < -0.3 is 14.9 Å². The van der Waals surface area contributed by atoms with Gasteiger partial charge in [0.05, 0.1) is 6.61 Å². The molecule has 0 saturated heterocycles. The largest absolute Gasteiger partial charge is 0.491 e. The van der Waals surface area contributed by atoms with Gasteiger partial charge in [0, 0.05) is 0 Å². The zero-order chi connectivity index (χ0) is 10.6. The molecule has 0 spiro atoms. The molecule has 0 aliphatic carbocycles. The minimum absolute atomic E-state index is 0.124. The zero-order valence-corrected chi connectivity index (χ0v) is 8.53. The van der Waals surface area contributed by atoms with Crippen molar-refractivity contribution in [3.63, 3.8) is 0 Å². The number of hydrogen-bond donors (Lipinski definition) is 2. The van der Waals surface area contributed by atoms with Crippen molar-refractivity contribution in [3.8, 4) is 5.75 Å². The molecule has 1 aromatic carbocycles. The van der Waals surface area contributed by atoms with Gasteiger partial charge >= 0.3 is 0 Å². The highest BCUT2D eigenvalue weighted by Crippen LogP contribution is 2.16. The Hall–Kier alpha value is -1.06. The quantitative estimate of drug-likeness (QED) is 0.756. The first-order valence-corrected chi connectivity index (χ1v) is 4.62. The van der Waals surface area contributed by atoms with Crippen LogP contribution in [-0.4, -0.2) is 29.5 Å². The fourth-order valence-electron chi connectivity index (χ4n) is 1.26. The van der Waals surface area contributed by atoms with Crippen LogP contribution in [-0.2, 0) is 0 Å². The second kappa shape index (κ2) is 4.98. The van der Waals surface area contributed by atoms with E-state index in [-0.39, 0.29) is 13.2 Å². The maximum atomic E-state index is 9.08. The van der Waals surface area contributed by atoms with Gasteiger partial charge in [-0.15, -0.1) is 0 Å². The fourth-order valence-corrected chi connectivity index (χ4v) is 1.26. The summed E-state index contributed by atoms with van der Waals surface area (Å²) in [5.74, 6) is 0.731. The number of aliphatic hydroxyl groups is 2. The van der Waals surface area contributed by atoms with Crippen LogP contribution in [0.5, 0.6) is 5.75 Å².